The molecular weight excluding hydrogens is 338 g/mol. The highest BCUT2D eigenvalue weighted by atomic mass is 16.5. The number of nitrogens with one attached hydrogen (secondary N) is 1. The molecule has 27 heavy (non-hydrogen) atoms. The zero-order valence-electron chi connectivity index (χ0n) is 16.2. The predicted octanol–water partition coefficient (Wildman–Crippen LogP) is 3.89. The molecule has 1 heterocycles. The van der Waals surface area contributed by atoms with Crippen LogP contribution in [0, 0.1) is 6.92 Å². The lowest BCUT2D eigenvalue weighted by atomic mass is 10.1. The van der Waals surface area contributed by atoms with Gasteiger partial charge in [0.25, 0.3) is 0 Å². The molecule has 0 amide bonds. The van der Waals surface area contributed by atoms with E-state index in [1.807, 2.05) is 57.2 Å². The van der Waals surface area contributed by atoms with Crippen molar-refractivity contribution in [3.63, 3.8) is 0 Å². The van der Waals surface area contributed by atoms with E-state index in [-0.39, 0.29) is 11.8 Å². The maximum Gasteiger partial charge on any atom is 0.343 e. The Balaban J connectivity index is 1.53. The normalized spacial score (nSPS) is 11.1. The van der Waals surface area contributed by atoms with Crippen LogP contribution in [0.15, 0.2) is 53.3 Å². The van der Waals surface area contributed by atoms with Crippen LogP contribution in [0.3, 0.4) is 0 Å². The van der Waals surface area contributed by atoms with Crippen LogP contribution in [-0.4, -0.2) is 20.9 Å². The van der Waals surface area contributed by atoms with E-state index in [9.17, 15) is 4.79 Å². The summed E-state index contributed by atoms with van der Waals surface area (Å²) in [4.78, 5) is 15.0. The SMILES string of the molecule is Cc1ccc(Cn2nc(CCCc3ccc(OC(C)C)cc3)[nH]c2=O)cc1. The van der Waals surface area contributed by atoms with Gasteiger partial charge >= 0.3 is 5.69 Å². The van der Waals surface area contributed by atoms with Gasteiger partial charge in [-0.15, -0.1) is 0 Å². The van der Waals surface area contributed by atoms with E-state index in [1.54, 1.807) is 0 Å². The number of aryl methyl sites for hydroxylation is 3. The Morgan fingerprint density at radius 1 is 1.00 bits per heavy atom. The first-order valence-electron chi connectivity index (χ1n) is 9.47. The molecule has 0 unspecified atom stereocenters. The Morgan fingerprint density at radius 2 is 1.67 bits per heavy atom. The van der Waals surface area contributed by atoms with Crippen LogP contribution in [0.1, 0.15) is 42.8 Å². The second-order valence-corrected chi connectivity index (χ2v) is 7.18. The summed E-state index contributed by atoms with van der Waals surface area (Å²) in [6.07, 6.45) is 2.81. The van der Waals surface area contributed by atoms with E-state index >= 15 is 0 Å². The highest BCUT2D eigenvalue weighted by Gasteiger charge is 2.06. The third kappa shape index (κ3) is 5.58. The highest BCUT2D eigenvalue weighted by molar-refractivity contribution is 5.27. The maximum absolute atomic E-state index is 12.1. The lowest BCUT2D eigenvalue weighted by molar-refractivity contribution is 0.242. The van der Waals surface area contributed by atoms with Crippen LogP contribution in [-0.2, 0) is 19.4 Å². The Hall–Kier alpha value is -2.82. The van der Waals surface area contributed by atoms with Crippen molar-refractivity contribution in [3.05, 3.63) is 81.5 Å². The zero-order chi connectivity index (χ0) is 19.2. The van der Waals surface area contributed by atoms with Crippen molar-refractivity contribution < 1.29 is 4.74 Å². The molecular formula is C22H27N3O2. The molecule has 142 valence electrons. The second-order valence-electron chi connectivity index (χ2n) is 7.18. The average Bonchev–Trinajstić information content (AvgIpc) is 2.97. The minimum atomic E-state index is -0.152. The fourth-order valence-corrected chi connectivity index (χ4v) is 2.96. The summed E-state index contributed by atoms with van der Waals surface area (Å²) < 4.78 is 7.16. The molecule has 0 fully saturated rings. The van der Waals surface area contributed by atoms with Crippen LogP contribution >= 0.6 is 0 Å². The minimum Gasteiger partial charge on any atom is -0.491 e. The van der Waals surface area contributed by atoms with Crippen molar-refractivity contribution in [2.24, 2.45) is 0 Å². The topological polar surface area (TPSA) is 59.9 Å². The fraction of sp³-hybridized carbons (Fsp3) is 0.364. The van der Waals surface area contributed by atoms with Gasteiger partial charge in [-0.2, -0.15) is 5.10 Å². The molecule has 0 aliphatic carbocycles. The molecule has 0 saturated heterocycles. The number of benzene rings is 2. The van der Waals surface area contributed by atoms with Gasteiger partial charge in [0.05, 0.1) is 12.6 Å². The first-order valence-corrected chi connectivity index (χ1v) is 9.47. The van der Waals surface area contributed by atoms with Crippen LogP contribution < -0.4 is 10.4 Å². The molecule has 0 atom stereocenters. The number of H-pyrrole nitrogens is 1. The van der Waals surface area contributed by atoms with E-state index in [0.29, 0.717) is 6.54 Å². The van der Waals surface area contributed by atoms with E-state index in [4.69, 9.17) is 4.74 Å². The van der Waals surface area contributed by atoms with Gasteiger partial charge in [-0.3, -0.25) is 4.98 Å². The van der Waals surface area contributed by atoms with Crippen molar-refractivity contribution in [3.8, 4) is 5.75 Å². The Morgan fingerprint density at radius 3 is 2.33 bits per heavy atom. The number of hydrogen-bond donors (Lipinski definition) is 1. The van der Waals surface area contributed by atoms with Gasteiger partial charge in [0, 0.05) is 6.42 Å². The summed E-state index contributed by atoms with van der Waals surface area (Å²) >= 11 is 0. The minimum absolute atomic E-state index is 0.152. The zero-order valence-corrected chi connectivity index (χ0v) is 16.2. The van der Waals surface area contributed by atoms with Gasteiger partial charge in [-0.05, 0) is 56.9 Å². The molecule has 0 spiro atoms. The lowest BCUT2D eigenvalue weighted by Gasteiger charge is -2.09. The first-order chi connectivity index (χ1) is 13.0. The van der Waals surface area contributed by atoms with E-state index < -0.39 is 0 Å². The third-order valence-corrected chi connectivity index (χ3v) is 4.35. The molecule has 5 nitrogen and oxygen atoms in total. The van der Waals surface area contributed by atoms with Crippen molar-refractivity contribution >= 4 is 0 Å². The van der Waals surface area contributed by atoms with Crippen molar-refractivity contribution in [2.45, 2.75) is 52.7 Å². The smallest absolute Gasteiger partial charge is 0.343 e. The van der Waals surface area contributed by atoms with Gasteiger partial charge < -0.3 is 4.74 Å². The van der Waals surface area contributed by atoms with Crippen molar-refractivity contribution in [1.82, 2.24) is 14.8 Å². The molecule has 2 aromatic carbocycles. The maximum atomic E-state index is 12.1. The first kappa shape index (κ1) is 19.0. The van der Waals surface area contributed by atoms with Crippen LogP contribution in [0.5, 0.6) is 5.75 Å². The van der Waals surface area contributed by atoms with E-state index in [0.717, 1.165) is 36.4 Å². The summed E-state index contributed by atoms with van der Waals surface area (Å²) in [5.74, 6) is 1.64. The highest BCUT2D eigenvalue weighted by Crippen LogP contribution is 2.15. The average molecular weight is 365 g/mol. The van der Waals surface area contributed by atoms with Gasteiger partial charge in [0.1, 0.15) is 11.6 Å². The van der Waals surface area contributed by atoms with Gasteiger partial charge in [-0.25, -0.2) is 9.48 Å². The molecule has 0 aliphatic heterocycles. The van der Waals surface area contributed by atoms with Crippen molar-refractivity contribution in [1.29, 1.82) is 0 Å². The summed E-state index contributed by atoms with van der Waals surface area (Å²) in [6.45, 7) is 6.58. The number of nitrogens with zero attached hydrogens (tertiary/aromatic N) is 2. The molecule has 5 heteroatoms. The number of aromatic amines is 1. The summed E-state index contributed by atoms with van der Waals surface area (Å²) in [5, 5.41) is 4.43. The molecule has 3 aromatic rings. The van der Waals surface area contributed by atoms with E-state index in [1.165, 1.54) is 15.8 Å². The summed E-state index contributed by atoms with van der Waals surface area (Å²) in [6, 6.07) is 16.4. The molecule has 1 N–H and O–H groups in total. The number of hydrogen-bond acceptors (Lipinski definition) is 3. The number of aromatic nitrogens is 3. The van der Waals surface area contributed by atoms with Crippen LogP contribution in [0.2, 0.25) is 0 Å². The van der Waals surface area contributed by atoms with Crippen LogP contribution in [0.4, 0.5) is 0 Å². The Kier molecular flexibility index (Phi) is 6.12. The van der Waals surface area contributed by atoms with Gasteiger partial charge in [-0.1, -0.05) is 42.0 Å². The standard InChI is InChI=1S/C22H27N3O2/c1-16(2)27-20-13-11-18(12-14-20)5-4-6-21-23-22(26)25(24-21)15-19-9-7-17(3)8-10-19/h7-14,16H,4-6,15H2,1-3H3,(H,23,24,26). The van der Waals surface area contributed by atoms with Gasteiger partial charge in [0.15, 0.2) is 0 Å². The largest absolute Gasteiger partial charge is 0.491 e. The predicted molar refractivity (Wildman–Crippen MR) is 107 cm³/mol. The quantitative estimate of drug-likeness (QED) is 0.659. The van der Waals surface area contributed by atoms with Crippen molar-refractivity contribution in [2.75, 3.05) is 0 Å². The molecule has 0 saturated carbocycles. The Labute approximate surface area is 160 Å². The summed E-state index contributed by atoms with van der Waals surface area (Å²) in [7, 11) is 0. The Bertz CT molecular complexity index is 906. The summed E-state index contributed by atoms with van der Waals surface area (Å²) in [5.41, 5.74) is 3.38. The lowest BCUT2D eigenvalue weighted by Crippen LogP contribution is -2.18. The fourth-order valence-electron chi connectivity index (χ4n) is 2.96. The van der Waals surface area contributed by atoms with E-state index in [2.05, 4.69) is 22.2 Å². The third-order valence-electron chi connectivity index (χ3n) is 4.35. The molecule has 0 aliphatic rings. The second kappa shape index (κ2) is 8.71. The number of ether oxygens (including phenoxy) is 1. The monoisotopic (exact) mass is 365 g/mol. The molecule has 0 radical (unpaired) electrons. The molecule has 1 aromatic heterocycles. The number of rotatable bonds is 8. The van der Waals surface area contributed by atoms with Gasteiger partial charge in [0.2, 0.25) is 0 Å². The molecule has 3 rings (SSSR count). The molecule has 0 bridgehead atoms. The van der Waals surface area contributed by atoms with Crippen LogP contribution in [0.25, 0.3) is 0 Å².